The summed E-state index contributed by atoms with van der Waals surface area (Å²) in [5.41, 5.74) is 0. The van der Waals surface area contributed by atoms with E-state index in [1.165, 1.54) is 0 Å². The maximum atomic E-state index is 12.0. The van der Waals surface area contributed by atoms with Crippen LogP contribution < -0.4 is 10.4 Å². The Morgan fingerprint density at radius 2 is 1.57 bits per heavy atom. The van der Waals surface area contributed by atoms with E-state index in [0.717, 1.165) is 15.3 Å². The molecule has 28 heavy (non-hydrogen) atoms. The molecule has 0 aromatic heterocycles. The van der Waals surface area contributed by atoms with Crippen LogP contribution in [-0.2, 0) is 9.22 Å². The molecule has 2 aromatic rings. The molecule has 0 aliphatic carbocycles. The number of amides is 2. The van der Waals surface area contributed by atoms with Gasteiger partial charge in [-0.15, -0.1) is 0 Å². The topological polar surface area (TPSA) is 66.8 Å². The molecule has 1 atom stereocenters. The summed E-state index contributed by atoms with van der Waals surface area (Å²) in [5, 5.41) is 11.5. The predicted octanol–water partition coefficient (Wildman–Crippen LogP) is 3.23. The van der Waals surface area contributed by atoms with Crippen molar-refractivity contribution in [2.24, 2.45) is 0 Å². The fourth-order valence-corrected chi connectivity index (χ4v) is 8.74. The van der Waals surface area contributed by atoms with Gasteiger partial charge in [0.15, 0.2) is 0 Å². The number of imide groups is 1. The van der Waals surface area contributed by atoms with E-state index in [9.17, 15) is 14.7 Å². The summed E-state index contributed by atoms with van der Waals surface area (Å²) in [6.45, 7) is 6.74. The molecule has 6 heteroatoms. The molecular formula is C22H27NO4Si. The average Bonchev–Trinajstić information content (AvgIpc) is 3.04. The normalized spacial score (nSPS) is 17.8. The van der Waals surface area contributed by atoms with Gasteiger partial charge in [-0.1, -0.05) is 81.4 Å². The zero-order valence-corrected chi connectivity index (χ0v) is 17.6. The lowest BCUT2D eigenvalue weighted by molar-refractivity contribution is -0.127. The third-order valence-corrected chi connectivity index (χ3v) is 10.4. The molecule has 1 N–H and O–H groups in total. The Morgan fingerprint density at radius 3 is 2.00 bits per heavy atom. The lowest BCUT2D eigenvalue weighted by atomic mass is 10.2. The van der Waals surface area contributed by atoms with Crippen molar-refractivity contribution in [3.05, 3.63) is 60.7 Å². The molecule has 148 valence electrons. The SMILES string of the molecule is CC(C)(C)[Si](OC[C@H]1CCC(=O)N1C(=O)O)(c1ccccc1)c1ccccc1. The van der Waals surface area contributed by atoms with Gasteiger partial charge in [0.1, 0.15) is 0 Å². The smallest absolute Gasteiger partial charge is 0.414 e. The highest BCUT2D eigenvalue weighted by Crippen LogP contribution is 2.37. The molecule has 1 aliphatic rings. The van der Waals surface area contributed by atoms with E-state index < -0.39 is 20.5 Å². The highest BCUT2D eigenvalue weighted by molar-refractivity contribution is 6.99. The number of nitrogens with zero attached hydrogens (tertiary/aromatic N) is 1. The van der Waals surface area contributed by atoms with Crippen LogP contribution in [0.25, 0.3) is 0 Å². The fourth-order valence-electron chi connectivity index (χ4n) is 4.15. The number of carbonyl (C=O) groups excluding carboxylic acids is 1. The van der Waals surface area contributed by atoms with Crippen molar-refractivity contribution >= 4 is 30.7 Å². The van der Waals surface area contributed by atoms with E-state index in [1.807, 2.05) is 36.4 Å². The first kappa shape index (κ1) is 20.3. The van der Waals surface area contributed by atoms with E-state index in [4.69, 9.17) is 4.43 Å². The van der Waals surface area contributed by atoms with E-state index >= 15 is 0 Å². The number of carboxylic acid groups (broad SMARTS) is 1. The van der Waals surface area contributed by atoms with E-state index in [-0.39, 0.29) is 24.0 Å². The molecule has 1 heterocycles. The Balaban J connectivity index is 2.04. The Hall–Kier alpha value is -2.44. The third kappa shape index (κ3) is 3.62. The Bertz CT molecular complexity index is 793. The number of hydrogen-bond acceptors (Lipinski definition) is 3. The molecule has 0 unspecified atom stereocenters. The Morgan fingerprint density at radius 1 is 1.07 bits per heavy atom. The summed E-state index contributed by atoms with van der Waals surface area (Å²) in [6.07, 6.45) is -0.441. The van der Waals surface area contributed by atoms with Crippen molar-refractivity contribution in [2.75, 3.05) is 6.61 Å². The molecule has 1 saturated heterocycles. The maximum absolute atomic E-state index is 12.0. The van der Waals surface area contributed by atoms with Crippen molar-refractivity contribution < 1.29 is 19.1 Å². The minimum absolute atomic E-state index is 0.188. The van der Waals surface area contributed by atoms with Crippen LogP contribution in [0.3, 0.4) is 0 Å². The molecule has 0 saturated carbocycles. The standard InChI is InChI=1S/C22H27NO4Si/c1-22(2,3)28(18-10-6-4-7-11-18,19-12-8-5-9-13-19)27-16-17-14-15-20(24)23(17)21(25)26/h4-13,17H,14-16H2,1-3H3,(H,25,26)/t17-/m1/s1. The molecule has 1 aliphatic heterocycles. The highest BCUT2D eigenvalue weighted by Gasteiger charge is 2.51. The number of carbonyl (C=O) groups is 2. The van der Waals surface area contributed by atoms with Crippen LogP contribution in [0.2, 0.25) is 5.04 Å². The van der Waals surface area contributed by atoms with Gasteiger partial charge in [0.25, 0.3) is 8.32 Å². The predicted molar refractivity (Wildman–Crippen MR) is 111 cm³/mol. The van der Waals surface area contributed by atoms with Crippen LogP contribution in [0.5, 0.6) is 0 Å². The van der Waals surface area contributed by atoms with Crippen LogP contribution in [0, 0.1) is 0 Å². The Labute approximate surface area is 167 Å². The summed E-state index contributed by atoms with van der Waals surface area (Å²) in [6, 6.07) is 20.0. The monoisotopic (exact) mass is 397 g/mol. The van der Waals surface area contributed by atoms with Crippen molar-refractivity contribution in [3.8, 4) is 0 Å². The third-order valence-electron chi connectivity index (χ3n) is 5.44. The summed E-state index contributed by atoms with van der Waals surface area (Å²) in [4.78, 5) is 24.5. The van der Waals surface area contributed by atoms with Crippen molar-refractivity contribution in [3.63, 3.8) is 0 Å². The molecule has 1 fully saturated rings. The number of hydrogen-bond donors (Lipinski definition) is 1. The molecule has 0 bridgehead atoms. The second-order valence-electron chi connectivity index (χ2n) is 8.21. The fraction of sp³-hybridized carbons (Fsp3) is 0.364. The van der Waals surface area contributed by atoms with Gasteiger partial charge in [-0.3, -0.25) is 4.79 Å². The molecule has 3 rings (SSSR count). The lowest BCUT2D eigenvalue weighted by Crippen LogP contribution is -2.67. The second kappa shape index (κ2) is 7.89. The summed E-state index contributed by atoms with van der Waals surface area (Å²) >= 11 is 0. The first-order valence-corrected chi connectivity index (χ1v) is 11.5. The summed E-state index contributed by atoms with van der Waals surface area (Å²) in [5.74, 6) is -0.344. The number of benzene rings is 2. The van der Waals surface area contributed by atoms with E-state index in [1.54, 1.807) is 0 Å². The van der Waals surface area contributed by atoms with Gasteiger partial charge < -0.3 is 9.53 Å². The summed E-state index contributed by atoms with van der Waals surface area (Å²) < 4.78 is 6.76. The van der Waals surface area contributed by atoms with Crippen LogP contribution >= 0.6 is 0 Å². The zero-order valence-electron chi connectivity index (χ0n) is 16.6. The maximum Gasteiger partial charge on any atom is 0.414 e. The molecule has 0 spiro atoms. The van der Waals surface area contributed by atoms with Gasteiger partial charge in [0.05, 0.1) is 12.6 Å². The van der Waals surface area contributed by atoms with Gasteiger partial charge in [-0.05, 0) is 21.8 Å². The van der Waals surface area contributed by atoms with E-state index in [2.05, 4.69) is 45.0 Å². The summed E-state index contributed by atoms with van der Waals surface area (Å²) in [7, 11) is -2.73. The molecule has 0 radical (unpaired) electrons. The van der Waals surface area contributed by atoms with Crippen molar-refractivity contribution in [2.45, 2.75) is 44.7 Å². The van der Waals surface area contributed by atoms with Crippen LogP contribution in [0.4, 0.5) is 4.79 Å². The van der Waals surface area contributed by atoms with Crippen molar-refractivity contribution in [1.82, 2.24) is 4.90 Å². The first-order valence-electron chi connectivity index (χ1n) is 9.57. The van der Waals surface area contributed by atoms with Crippen LogP contribution in [0.1, 0.15) is 33.6 Å². The highest BCUT2D eigenvalue weighted by atomic mass is 28.4. The molecule has 5 nitrogen and oxygen atoms in total. The average molecular weight is 398 g/mol. The Kier molecular flexibility index (Phi) is 5.72. The number of likely N-dealkylation sites (tertiary alicyclic amines) is 1. The number of rotatable bonds is 5. The zero-order chi connectivity index (χ0) is 20.4. The van der Waals surface area contributed by atoms with Crippen LogP contribution in [0.15, 0.2) is 60.7 Å². The van der Waals surface area contributed by atoms with Crippen LogP contribution in [-0.4, -0.2) is 43.0 Å². The first-order chi connectivity index (χ1) is 13.3. The molecule has 2 aromatic carbocycles. The largest absolute Gasteiger partial charge is 0.465 e. The minimum atomic E-state index is -2.73. The van der Waals surface area contributed by atoms with Crippen molar-refractivity contribution in [1.29, 1.82) is 0 Å². The van der Waals surface area contributed by atoms with Gasteiger partial charge in [0, 0.05) is 6.42 Å². The minimum Gasteiger partial charge on any atom is -0.465 e. The second-order valence-corrected chi connectivity index (χ2v) is 12.5. The van der Waals surface area contributed by atoms with Gasteiger partial charge in [0.2, 0.25) is 5.91 Å². The van der Waals surface area contributed by atoms with E-state index in [0.29, 0.717) is 6.42 Å². The lowest BCUT2D eigenvalue weighted by Gasteiger charge is -2.43. The van der Waals surface area contributed by atoms with Gasteiger partial charge in [-0.2, -0.15) is 0 Å². The molecule has 2 amide bonds. The quantitative estimate of drug-likeness (QED) is 0.787. The van der Waals surface area contributed by atoms with Gasteiger partial charge >= 0.3 is 6.09 Å². The molecular weight excluding hydrogens is 370 g/mol. The van der Waals surface area contributed by atoms with Gasteiger partial charge in [-0.25, -0.2) is 9.69 Å².